The topological polar surface area (TPSA) is 46.5 Å². The van der Waals surface area contributed by atoms with Crippen LogP contribution in [0.3, 0.4) is 0 Å². The molecule has 3 nitrogen and oxygen atoms in total. The molecule has 0 saturated heterocycles. The summed E-state index contributed by atoms with van der Waals surface area (Å²) in [7, 11) is 0. The molecule has 4 aromatic carbocycles. The van der Waals surface area contributed by atoms with Crippen LogP contribution in [-0.2, 0) is 16.0 Å². The molecule has 0 saturated carbocycles. The number of aromatic hydroxyl groups is 1. The molecule has 32 heavy (non-hydrogen) atoms. The number of rotatable bonds is 6. The van der Waals surface area contributed by atoms with E-state index in [9.17, 15) is 9.90 Å². The van der Waals surface area contributed by atoms with E-state index < -0.39 is 5.97 Å². The van der Waals surface area contributed by atoms with Crippen LogP contribution in [0.5, 0.6) is 5.75 Å². The molecule has 0 radical (unpaired) electrons. The minimum atomic E-state index is -0.416. The third kappa shape index (κ3) is 4.73. The van der Waals surface area contributed by atoms with Gasteiger partial charge in [-0.2, -0.15) is 0 Å². The Balaban J connectivity index is 1.57. The number of phenolic OH excluding ortho intramolecular Hbond substituents is 1. The van der Waals surface area contributed by atoms with Crippen LogP contribution in [0, 0.1) is 6.92 Å². The second-order valence-electron chi connectivity index (χ2n) is 8.15. The summed E-state index contributed by atoms with van der Waals surface area (Å²) in [5, 5.41) is 12.6. The van der Waals surface area contributed by atoms with Gasteiger partial charge in [0, 0.05) is 12.0 Å². The SMILES string of the molecule is C=C(C)C(=O)OCCc1cc(-c2ccc3cc(-c4ccc(C)cc4)ccc3c2)ccc1O. The minimum absolute atomic E-state index is 0.197. The van der Waals surface area contributed by atoms with Gasteiger partial charge in [-0.3, -0.25) is 0 Å². The first-order valence-corrected chi connectivity index (χ1v) is 10.7. The fourth-order valence-corrected chi connectivity index (χ4v) is 3.69. The van der Waals surface area contributed by atoms with Crippen molar-refractivity contribution in [3.05, 3.63) is 102 Å². The maximum absolute atomic E-state index is 11.6. The first-order valence-electron chi connectivity index (χ1n) is 10.7. The monoisotopic (exact) mass is 422 g/mol. The Morgan fingerprint density at radius 1 is 0.812 bits per heavy atom. The highest BCUT2D eigenvalue weighted by Gasteiger charge is 2.09. The van der Waals surface area contributed by atoms with E-state index >= 15 is 0 Å². The van der Waals surface area contributed by atoms with Gasteiger partial charge in [0.1, 0.15) is 5.75 Å². The molecular weight excluding hydrogens is 396 g/mol. The average molecular weight is 423 g/mol. The van der Waals surface area contributed by atoms with Gasteiger partial charge in [-0.05, 0) is 76.7 Å². The third-order valence-corrected chi connectivity index (χ3v) is 5.59. The number of ether oxygens (including phenoxy) is 1. The van der Waals surface area contributed by atoms with Crippen LogP contribution in [0.2, 0.25) is 0 Å². The van der Waals surface area contributed by atoms with Crippen LogP contribution in [0.1, 0.15) is 18.1 Å². The van der Waals surface area contributed by atoms with Gasteiger partial charge in [0.15, 0.2) is 0 Å². The Hall–Kier alpha value is -3.85. The summed E-state index contributed by atoms with van der Waals surface area (Å²) in [6.07, 6.45) is 0.437. The van der Waals surface area contributed by atoms with Gasteiger partial charge in [-0.1, -0.05) is 66.7 Å². The second kappa shape index (κ2) is 9.11. The smallest absolute Gasteiger partial charge is 0.333 e. The van der Waals surface area contributed by atoms with Gasteiger partial charge in [-0.25, -0.2) is 4.79 Å². The van der Waals surface area contributed by atoms with Crippen LogP contribution in [0.15, 0.2) is 91.0 Å². The van der Waals surface area contributed by atoms with Gasteiger partial charge in [0.25, 0.3) is 0 Å². The Morgan fingerprint density at radius 3 is 1.97 bits per heavy atom. The first kappa shape index (κ1) is 21.4. The van der Waals surface area contributed by atoms with Crippen molar-refractivity contribution in [1.82, 2.24) is 0 Å². The molecule has 0 aliphatic heterocycles. The molecule has 0 aromatic heterocycles. The minimum Gasteiger partial charge on any atom is -0.508 e. The number of phenols is 1. The number of fused-ring (bicyclic) bond motifs is 1. The van der Waals surface area contributed by atoms with Gasteiger partial charge in [0.05, 0.1) is 6.61 Å². The standard InChI is InChI=1S/C29H26O3/c1-19(2)29(31)32-15-14-27-18-26(12-13-28(27)30)25-11-10-23-16-22(8-9-24(23)17-25)21-6-4-20(3)5-7-21/h4-13,16-18,30H,1,14-15H2,2-3H3. The van der Waals surface area contributed by atoms with Gasteiger partial charge in [0.2, 0.25) is 0 Å². The zero-order valence-electron chi connectivity index (χ0n) is 18.4. The van der Waals surface area contributed by atoms with Crippen molar-refractivity contribution in [2.24, 2.45) is 0 Å². The van der Waals surface area contributed by atoms with Crippen molar-refractivity contribution in [2.45, 2.75) is 20.3 Å². The molecule has 0 spiro atoms. The molecule has 0 aliphatic rings. The summed E-state index contributed by atoms with van der Waals surface area (Å²) in [4.78, 5) is 11.6. The van der Waals surface area contributed by atoms with Crippen molar-refractivity contribution < 1.29 is 14.6 Å². The Bertz CT molecular complexity index is 1300. The fourth-order valence-electron chi connectivity index (χ4n) is 3.69. The predicted octanol–water partition coefficient (Wildman–Crippen LogP) is 6.85. The largest absolute Gasteiger partial charge is 0.508 e. The highest BCUT2D eigenvalue weighted by atomic mass is 16.5. The lowest BCUT2D eigenvalue weighted by Crippen LogP contribution is -2.08. The average Bonchev–Trinajstić information content (AvgIpc) is 2.80. The van der Waals surface area contributed by atoms with Crippen LogP contribution < -0.4 is 0 Å². The van der Waals surface area contributed by atoms with E-state index in [0.29, 0.717) is 12.0 Å². The van der Waals surface area contributed by atoms with Crippen molar-refractivity contribution in [1.29, 1.82) is 0 Å². The lowest BCUT2D eigenvalue weighted by Gasteiger charge is -2.10. The maximum Gasteiger partial charge on any atom is 0.333 e. The third-order valence-electron chi connectivity index (χ3n) is 5.59. The van der Waals surface area contributed by atoms with E-state index in [4.69, 9.17) is 4.74 Å². The number of carbonyl (C=O) groups is 1. The van der Waals surface area contributed by atoms with Gasteiger partial charge >= 0.3 is 5.97 Å². The molecule has 0 aliphatic carbocycles. The van der Waals surface area contributed by atoms with Gasteiger partial charge in [-0.15, -0.1) is 0 Å². The molecule has 0 fully saturated rings. The summed E-state index contributed by atoms with van der Waals surface area (Å²) in [5.41, 5.74) is 6.84. The Kier molecular flexibility index (Phi) is 6.09. The van der Waals surface area contributed by atoms with E-state index in [1.165, 1.54) is 22.1 Å². The molecule has 1 N–H and O–H groups in total. The van der Waals surface area contributed by atoms with Crippen LogP contribution in [0.25, 0.3) is 33.0 Å². The number of carbonyl (C=O) groups excluding carboxylic acids is 1. The molecule has 4 aromatic rings. The van der Waals surface area contributed by atoms with Crippen LogP contribution in [-0.4, -0.2) is 17.7 Å². The van der Waals surface area contributed by atoms with Crippen molar-refractivity contribution >= 4 is 16.7 Å². The molecule has 0 unspecified atom stereocenters. The maximum atomic E-state index is 11.6. The molecule has 3 heteroatoms. The number of aryl methyl sites for hydroxylation is 1. The Labute approximate surface area is 188 Å². The van der Waals surface area contributed by atoms with Gasteiger partial charge < -0.3 is 9.84 Å². The van der Waals surface area contributed by atoms with E-state index in [0.717, 1.165) is 22.1 Å². The van der Waals surface area contributed by atoms with Crippen molar-refractivity contribution in [3.63, 3.8) is 0 Å². The number of benzene rings is 4. The quantitative estimate of drug-likeness (QED) is 0.273. The number of esters is 1. The normalized spacial score (nSPS) is 10.8. The zero-order chi connectivity index (χ0) is 22.7. The molecular formula is C29H26O3. The van der Waals surface area contributed by atoms with E-state index in [2.05, 4.69) is 74.2 Å². The lowest BCUT2D eigenvalue weighted by atomic mass is 9.96. The van der Waals surface area contributed by atoms with Crippen molar-refractivity contribution in [2.75, 3.05) is 6.61 Å². The number of hydrogen-bond acceptors (Lipinski definition) is 3. The highest BCUT2D eigenvalue weighted by molar-refractivity contribution is 5.91. The number of hydrogen-bond donors (Lipinski definition) is 1. The molecule has 4 rings (SSSR count). The fraction of sp³-hybridized carbons (Fsp3) is 0.138. The summed E-state index contributed by atoms with van der Waals surface area (Å²) in [5.74, 6) is -0.219. The summed E-state index contributed by atoms with van der Waals surface area (Å²) in [6, 6.07) is 27.0. The lowest BCUT2D eigenvalue weighted by molar-refractivity contribution is -0.138. The molecule has 0 bridgehead atoms. The van der Waals surface area contributed by atoms with Crippen molar-refractivity contribution in [3.8, 4) is 28.0 Å². The second-order valence-corrected chi connectivity index (χ2v) is 8.15. The summed E-state index contributed by atoms with van der Waals surface area (Å²) >= 11 is 0. The van der Waals surface area contributed by atoms with E-state index in [-0.39, 0.29) is 12.4 Å². The predicted molar refractivity (Wildman–Crippen MR) is 131 cm³/mol. The molecule has 0 atom stereocenters. The molecule has 0 heterocycles. The molecule has 160 valence electrons. The highest BCUT2D eigenvalue weighted by Crippen LogP contribution is 2.31. The first-order chi connectivity index (χ1) is 15.4. The van der Waals surface area contributed by atoms with E-state index in [1.54, 1.807) is 13.0 Å². The Morgan fingerprint density at radius 2 is 1.34 bits per heavy atom. The summed E-state index contributed by atoms with van der Waals surface area (Å²) < 4.78 is 5.17. The van der Waals surface area contributed by atoms with Crippen LogP contribution in [0.4, 0.5) is 0 Å². The van der Waals surface area contributed by atoms with E-state index in [1.807, 2.05) is 12.1 Å². The van der Waals surface area contributed by atoms with Crippen LogP contribution >= 0.6 is 0 Å². The zero-order valence-corrected chi connectivity index (χ0v) is 18.4. The molecule has 0 amide bonds. The summed E-state index contributed by atoms with van der Waals surface area (Å²) in [6.45, 7) is 7.48.